The van der Waals surface area contributed by atoms with Crippen molar-refractivity contribution in [1.29, 1.82) is 0 Å². The van der Waals surface area contributed by atoms with Crippen molar-refractivity contribution in [2.45, 2.75) is 30.6 Å². The summed E-state index contributed by atoms with van der Waals surface area (Å²) in [6.45, 7) is 3.45. The summed E-state index contributed by atoms with van der Waals surface area (Å²) < 4.78 is 27.3. The maximum atomic E-state index is 13.0. The molecule has 0 unspecified atom stereocenters. The number of thiophene rings is 1. The smallest absolute Gasteiger partial charge is 0.322 e. The number of carboxylic acid groups (broad SMARTS) is 1. The van der Waals surface area contributed by atoms with Crippen molar-refractivity contribution >= 4 is 33.1 Å². The van der Waals surface area contributed by atoms with Gasteiger partial charge in [0.05, 0.1) is 0 Å². The molecule has 1 aliphatic rings. The molecule has 160 valence electrons. The summed E-state index contributed by atoms with van der Waals surface area (Å²) >= 11 is 1.13. The molecule has 1 aliphatic heterocycles. The number of hydrogen-bond donors (Lipinski definition) is 1. The quantitative estimate of drug-likeness (QED) is 0.561. The molecule has 0 spiro atoms. The van der Waals surface area contributed by atoms with E-state index in [1.54, 1.807) is 56.3 Å². The number of carbonyl (C=O) groups excluding carboxylic acids is 1. The van der Waals surface area contributed by atoms with Crippen molar-refractivity contribution in [2.75, 3.05) is 0 Å². The molecule has 0 saturated carbocycles. The van der Waals surface area contributed by atoms with E-state index >= 15 is 0 Å². The molecule has 4 rings (SSSR count). The monoisotopic (exact) mass is 455 g/mol. The Morgan fingerprint density at radius 1 is 1.00 bits per heavy atom. The molecule has 2 heterocycles. The first kappa shape index (κ1) is 21.4. The standard InChI is InChI=1S/C23H21NO5S2/c1-14(2)20(22(26)27)24-13-18-12-19(30-23(18)31(24,28)29)15-8-10-17(11-9-15)21(25)16-6-4-3-5-7-16/h3-12,14,20H,13H2,1-2H3,(H,26,27)/t20-/m1/s1. The normalized spacial score (nSPS) is 16.2. The third kappa shape index (κ3) is 3.82. The fourth-order valence-corrected chi connectivity index (χ4v) is 7.27. The number of benzene rings is 2. The molecule has 0 aliphatic carbocycles. The molecule has 0 fully saturated rings. The van der Waals surface area contributed by atoms with Gasteiger partial charge in [-0.25, -0.2) is 8.42 Å². The van der Waals surface area contributed by atoms with Crippen molar-refractivity contribution in [3.05, 3.63) is 77.4 Å². The highest BCUT2D eigenvalue weighted by Gasteiger charge is 2.45. The van der Waals surface area contributed by atoms with E-state index < -0.39 is 22.0 Å². The summed E-state index contributed by atoms with van der Waals surface area (Å²) in [5.41, 5.74) is 2.58. The van der Waals surface area contributed by atoms with Gasteiger partial charge in [-0.3, -0.25) is 9.59 Å². The lowest BCUT2D eigenvalue weighted by Crippen LogP contribution is -2.44. The van der Waals surface area contributed by atoms with Crippen molar-refractivity contribution in [1.82, 2.24) is 4.31 Å². The third-order valence-corrected chi connectivity index (χ3v) is 8.91. The maximum absolute atomic E-state index is 13.0. The van der Waals surface area contributed by atoms with E-state index in [-0.39, 0.29) is 22.5 Å². The SMILES string of the molecule is CC(C)[C@H](C(=O)O)N1Cc2cc(-c3ccc(C(=O)c4ccccc4)cc3)sc2S1(=O)=O. The third-order valence-electron chi connectivity index (χ3n) is 5.30. The molecule has 3 aromatic rings. The van der Waals surface area contributed by atoms with Crippen LogP contribution in [0.15, 0.2) is 64.9 Å². The second-order valence-corrected chi connectivity index (χ2v) is 10.9. The van der Waals surface area contributed by atoms with Gasteiger partial charge in [0, 0.05) is 22.5 Å². The minimum atomic E-state index is -3.86. The summed E-state index contributed by atoms with van der Waals surface area (Å²) in [7, 11) is -3.86. The minimum Gasteiger partial charge on any atom is -0.480 e. The Labute approximate surface area is 184 Å². The Morgan fingerprint density at radius 2 is 1.61 bits per heavy atom. The van der Waals surface area contributed by atoms with Crippen LogP contribution in [-0.4, -0.2) is 35.6 Å². The number of rotatable bonds is 6. The van der Waals surface area contributed by atoms with E-state index in [9.17, 15) is 23.1 Å². The number of ketones is 1. The summed E-state index contributed by atoms with van der Waals surface area (Å²) in [4.78, 5) is 25.0. The highest BCUT2D eigenvalue weighted by atomic mass is 32.2. The second kappa shape index (κ2) is 8.03. The highest BCUT2D eigenvalue weighted by Crippen LogP contribution is 2.42. The molecule has 6 nitrogen and oxygen atoms in total. The van der Waals surface area contributed by atoms with Crippen LogP contribution < -0.4 is 0 Å². The number of hydrogen-bond acceptors (Lipinski definition) is 5. The lowest BCUT2D eigenvalue weighted by molar-refractivity contribution is -0.143. The summed E-state index contributed by atoms with van der Waals surface area (Å²) in [5.74, 6) is -1.57. The van der Waals surface area contributed by atoms with Gasteiger partial charge < -0.3 is 5.11 Å². The zero-order valence-corrected chi connectivity index (χ0v) is 18.6. The first-order chi connectivity index (χ1) is 14.7. The van der Waals surface area contributed by atoms with E-state index in [0.29, 0.717) is 16.7 Å². The zero-order valence-electron chi connectivity index (χ0n) is 17.0. The summed E-state index contributed by atoms with van der Waals surface area (Å²) in [6, 6.07) is 16.8. The van der Waals surface area contributed by atoms with Gasteiger partial charge in [-0.15, -0.1) is 11.3 Å². The second-order valence-electron chi connectivity index (χ2n) is 7.77. The average Bonchev–Trinajstić information content (AvgIpc) is 3.26. The number of carboxylic acids is 1. The molecular formula is C23H21NO5S2. The number of aliphatic carboxylic acids is 1. The van der Waals surface area contributed by atoms with Crippen LogP contribution in [-0.2, 0) is 21.4 Å². The van der Waals surface area contributed by atoms with Crippen LogP contribution in [0.4, 0.5) is 0 Å². The van der Waals surface area contributed by atoms with Gasteiger partial charge >= 0.3 is 5.97 Å². The van der Waals surface area contributed by atoms with E-state index in [1.165, 1.54) is 0 Å². The molecule has 31 heavy (non-hydrogen) atoms. The van der Waals surface area contributed by atoms with Crippen LogP contribution >= 0.6 is 11.3 Å². The van der Waals surface area contributed by atoms with Gasteiger partial charge in [0.25, 0.3) is 10.0 Å². The van der Waals surface area contributed by atoms with Gasteiger partial charge in [-0.1, -0.05) is 68.4 Å². The van der Waals surface area contributed by atoms with Crippen LogP contribution in [0.1, 0.15) is 35.3 Å². The molecule has 1 N–H and O–H groups in total. The van der Waals surface area contributed by atoms with Gasteiger partial charge in [0.1, 0.15) is 10.3 Å². The van der Waals surface area contributed by atoms with Crippen molar-refractivity contribution in [3.8, 4) is 10.4 Å². The molecule has 1 atom stereocenters. The Bertz CT molecular complexity index is 1240. The summed E-state index contributed by atoms with van der Waals surface area (Å²) in [6.07, 6.45) is 0. The predicted molar refractivity (Wildman–Crippen MR) is 119 cm³/mol. The van der Waals surface area contributed by atoms with Crippen LogP contribution in [0.25, 0.3) is 10.4 Å². The molecule has 0 radical (unpaired) electrons. The van der Waals surface area contributed by atoms with Crippen LogP contribution in [0.2, 0.25) is 0 Å². The van der Waals surface area contributed by atoms with E-state index in [2.05, 4.69) is 0 Å². The minimum absolute atomic E-state index is 0.0495. The van der Waals surface area contributed by atoms with Crippen molar-refractivity contribution in [3.63, 3.8) is 0 Å². The molecule has 1 aromatic heterocycles. The predicted octanol–water partition coefficient (Wildman–Crippen LogP) is 4.26. The first-order valence-corrected chi connectivity index (χ1v) is 12.0. The number of fused-ring (bicyclic) bond motifs is 1. The maximum Gasteiger partial charge on any atom is 0.322 e. The zero-order chi connectivity index (χ0) is 22.3. The molecule has 8 heteroatoms. The van der Waals surface area contributed by atoms with Crippen molar-refractivity contribution < 1.29 is 23.1 Å². The average molecular weight is 456 g/mol. The lowest BCUT2D eigenvalue weighted by Gasteiger charge is -2.25. The molecule has 0 amide bonds. The van der Waals surface area contributed by atoms with Crippen molar-refractivity contribution in [2.24, 2.45) is 5.92 Å². The van der Waals surface area contributed by atoms with Gasteiger partial charge in [0.15, 0.2) is 5.78 Å². The topological polar surface area (TPSA) is 91.8 Å². The largest absolute Gasteiger partial charge is 0.480 e. The highest BCUT2D eigenvalue weighted by molar-refractivity contribution is 7.91. The van der Waals surface area contributed by atoms with E-state index in [4.69, 9.17) is 0 Å². The van der Waals surface area contributed by atoms with Crippen LogP contribution in [0.5, 0.6) is 0 Å². The van der Waals surface area contributed by atoms with E-state index in [1.807, 2.05) is 18.2 Å². The fourth-order valence-electron chi connectivity index (χ4n) is 3.77. The number of sulfonamides is 1. The van der Waals surface area contributed by atoms with Gasteiger partial charge in [0.2, 0.25) is 0 Å². The number of carbonyl (C=O) groups is 2. The van der Waals surface area contributed by atoms with Gasteiger partial charge in [-0.2, -0.15) is 4.31 Å². The first-order valence-electron chi connectivity index (χ1n) is 9.77. The summed E-state index contributed by atoms with van der Waals surface area (Å²) in [5, 5.41) is 9.51. The van der Waals surface area contributed by atoms with Crippen LogP contribution in [0, 0.1) is 5.92 Å². The Hall–Kier alpha value is -2.81. The molecular weight excluding hydrogens is 434 g/mol. The Balaban J connectivity index is 1.61. The van der Waals surface area contributed by atoms with Crippen LogP contribution in [0.3, 0.4) is 0 Å². The van der Waals surface area contributed by atoms with E-state index in [0.717, 1.165) is 26.1 Å². The molecule has 0 bridgehead atoms. The fraction of sp³-hybridized carbons (Fsp3) is 0.217. The number of nitrogens with zero attached hydrogens (tertiary/aromatic N) is 1. The molecule has 2 aromatic carbocycles. The lowest BCUT2D eigenvalue weighted by atomic mass is 10.0. The Kier molecular flexibility index (Phi) is 5.55. The Morgan fingerprint density at radius 3 is 2.16 bits per heavy atom. The molecule has 0 saturated heterocycles. The van der Waals surface area contributed by atoms with Gasteiger partial charge in [-0.05, 0) is 23.1 Å².